The molecule has 126 valence electrons. The summed E-state index contributed by atoms with van der Waals surface area (Å²) >= 11 is 13.6. The smallest absolute Gasteiger partial charge is 0.341 e. The molecule has 4 nitrogen and oxygen atoms in total. The second-order valence-corrected chi connectivity index (χ2v) is 9.30. The van der Waals surface area contributed by atoms with Crippen molar-refractivity contribution < 1.29 is 14.3 Å². The molecule has 7 heteroatoms. The molecule has 0 bridgehead atoms. The van der Waals surface area contributed by atoms with Gasteiger partial charge < -0.3 is 10.1 Å². The van der Waals surface area contributed by atoms with Gasteiger partial charge in [-0.1, -0.05) is 6.92 Å². The molecule has 0 saturated heterocycles. The van der Waals surface area contributed by atoms with Crippen LogP contribution in [0.2, 0.25) is 0 Å². The quantitative estimate of drug-likeness (QED) is 0.636. The number of hydrogen-bond donors (Lipinski definition) is 1. The summed E-state index contributed by atoms with van der Waals surface area (Å²) in [5.74, 6) is -0.0786. The molecule has 1 aromatic rings. The van der Waals surface area contributed by atoms with Crippen LogP contribution >= 0.6 is 34.5 Å². The van der Waals surface area contributed by atoms with Gasteiger partial charge in [-0.3, -0.25) is 4.79 Å². The average Bonchev–Trinajstić information content (AvgIpc) is 2.84. The lowest BCUT2D eigenvalue weighted by Crippen LogP contribution is -2.26. The summed E-state index contributed by atoms with van der Waals surface area (Å²) in [6, 6.07) is 0. The predicted octanol–water partition coefficient (Wildman–Crippen LogP) is 4.18. The number of ether oxygens (including phenoxy) is 1. The summed E-state index contributed by atoms with van der Waals surface area (Å²) in [6.07, 6.45) is 3.20. The van der Waals surface area contributed by atoms with E-state index in [0.717, 1.165) is 29.7 Å². The monoisotopic (exact) mass is 375 g/mol. The molecule has 0 radical (unpaired) electrons. The zero-order valence-electron chi connectivity index (χ0n) is 13.3. The van der Waals surface area contributed by atoms with Crippen LogP contribution in [0.5, 0.6) is 0 Å². The summed E-state index contributed by atoms with van der Waals surface area (Å²) in [4.78, 5) is 25.9. The van der Waals surface area contributed by atoms with E-state index in [9.17, 15) is 9.59 Å². The molecular formula is C16H19Cl2NO3S. The molecular weight excluding hydrogens is 357 g/mol. The Kier molecular flexibility index (Phi) is 4.18. The Labute approximate surface area is 149 Å². The first-order valence-corrected chi connectivity index (χ1v) is 9.19. The van der Waals surface area contributed by atoms with Crippen molar-refractivity contribution in [3.8, 4) is 0 Å². The topological polar surface area (TPSA) is 55.4 Å². The van der Waals surface area contributed by atoms with E-state index >= 15 is 0 Å². The van der Waals surface area contributed by atoms with Gasteiger partial charge in [0.2, 0.25) is 5.91 Å². The van der Waals surface area contributed by atoms with Gasteiger partial charge in [0.15, 0.2) is 0 Å². The number of alkyl halides is 2. The Morgan fingerprint density at radius 2 is 2.04 bits per heavy atom. The Hall–Kier alpha value is -0.780. The Bertz CT molecular complexity index is 685. The van der Waals surface area contributed by atoms with E-state index in [1.807, 2.05) is 0 Å². The third kappa shape index (κ3) is 2.77. The predicted molar refractivity (Wildman–Crippen MR) is 92.6 cm³/mol. The number of carbonyl (C=O) groups is 2. The van der Waals surface area contributed by atoms with Crippen molar-refractivity contribution in [3.05, 3.63) is 16.0 Å². The molecule has 2 aliphatic rings. The van der Waals surface area contributed by atoms with E-state index in [-0.39, 0.29) is 5.91 Å². The number of nitrogens with one attached hydrogen (secondary N) is 1. The first-order chi connectivity index (χ1) is 10.7. The van der Waals surface area contributed by atoms with Crippen LogP contribution in [0.4, 0.5) is 5.00 Å². The fourth-order valence-corrected chi connectivity index (χ4v) is 5.14. The Morgan fingerprint density at radius 1 is 1.39 bits per heavy atom. The van der Waals surface area contributed by atoms with E-state index in [1.165, 1.54) is 18.4 Å². The van der Waals surface area contributed by atoms with Crippen molar-refractivity contribution in [2.24, 2.45) is 11.3 Å². The summed E-state index contributed by atoms with van der Waals surface area (Å²) in [6.45, 7) is 3.93. The highest BCUT2D eigenvalue weighted by Crippen LogP contribution is 2.64. The highest BCUT2D eigenvalue weighted by atomic mass is 35.5. The summed E-state index contributed by atoms with van der Waals surface area (Å²) in [5, 5.41) is 3.42. The fourth-order valence-electron chi connectivity index (χ4n) is 3.04. The average molecular weight is 376 g/mol. The van der Waals surface area contributed by atoms with Crippen molar-refractivity contribution in [3.63, 3.8) is 0 Å². The lowest BCUT2D eigenvalue weighted by Gasteiger charge is -2.18. The normalized spacial score (nSPS) is 28.0. The van der Waals surface area contributed by atoms with Crippen molar-refractivity contribution in [2.75, 3.05) is 12.4 Å². The zero-order valence-corrected chi connectivity index (χ0v) is 15.6. The Balaban J connectivity index is 1.93. The van der Waals surface area contributed by atoms with Crippen molar-refractivity contribution in [2.45, 2.75) is 43.9 Å². The number of esters is 1. The Morgan fingerprint density at radius 3 is 2.61 bits per heavy atom. The number of rotatable bonds is 3. The van der Waals surface area contributed by atoms with E-state index < -0.39 is 15.7 Å². The molecule has 0 aromatic carbocycles. The minimum absolute atomic E-state index is 0.251. The van der Waals surface area contributed by atoms with Gasteiger partial charge in [-0.25, -0.2) is 4.79 Å². The number of amides is 1. The largest absolute Gasteiger partial charge is 0.465 e. The SMILES string of the molecule is COC(=O)c1c(NC(=O)[C@]2(C)CC2(Cl)Cl)sc2c1CC[C@H](C)C2. The fraction of sp³-hybridized carbons (Fsp3) is 0.625. The molecule has 2 aliphatic carbocycles. The van der Waals surface area contributed by atoms with Crippen LogP contribution in [0.15, 0.2) is 0 Å². The van der Waals surface area contributed by atoms with Crippen LogP contribution in [-0.4, -0.2) is 23.3 Å². The molecule has 0 spiro atoms. The number of methoxy groups -OCH3 is 1. The van der Waals surface area contributed by atoms with Gasteiger partial charge in [0.1, 0.15) is 9.33 Å². The standard InChI is InChI=1S/C16H19Cl2NO3S/c1-8-4-5-9-10(6-8)23-12(11(9)13(20)22-3)19-14(21)15(2)7-16(15,17)18/h8H,4-7H2,1-3H3,(H,19,21)/t8-,15-/m0/s1. The molecule has 3 rings (SSSR count). The first kappa shape index (κ1) is 17.1. The summed E-state index contributed by atoms with van der Waals surface area (Å²) in [7, 11) is 1.36. The first-order valence-electron chi connectivity index (χ1n) is 7.61. The number of carbonyl (C=O) groups excluding carboxylic acids is 2. The van der Waals surface area contributed by atoms with E-state index in [1.54, 1.807) is 6.92 Å². The number of anilines is 1. The molecule has 0 aliphatic heterocycles. The van der Waals surface area contributed by atoms with E-state index in [2.05, 4.69) is 12.2 Å². The lowest BCUT2D eigenvalue weighted by atomic mass is 9.88. The molecule has 1 fully saturated rings. The van der Waals surface area contributed by atoms with Crippen LogP contribution < -0.4 is 5.32 Å². The van der Waals surface area contributed by atoms with Gasteiger partial charge in [-0.05, 0) is 44.1 Å². The minimum Gasteiger partial charge on any atom is -0.465 e. The maximum atomic E-state index is 12.5. The van der Waals surface area contributed by atoms with Gasteiger partial charge in [-0.15, -0.1) is 34.5 Å². The highest BCUT2D eigenvalue weighted by molar-refractivity contribution is 7.17. The van der Waals surface area contributed by atoms with Crippen molar-refractivity contribution >= 4 is 51.4 Å². The molecule has 1 heterocycles. The maximum Gasteiger partial charge on any atom is 0.341 e. The van der Waals surface area contributed by atoms with Crippen LogP contribution in [0, 0.1) is 11.3 Å². The number of hydrogen-bond acceptors (Lipinski definition) is 4. The van der Waals surface area contributed by atoms with Gasteiger partial charge in [0.25, 0.3) is 0 Å². The minimum atomic E-state index is -1.03. The molecule has 0 unspecified atom stereocenters. The van der Waals surface area contributed by atoms with E-state index in [4.69, 9.17) is 27.9 Å². The van der Waals surface area contributed by atoms with Crippen LogP contribution in [0.3, 0.4) is 0 Å². The van der Waals surface area contributed by atoms with Crippen molar-refractivity contribution in [1.82, 2.24) is 0 Å². The maximum absolute atomic E-state index is 12.5. The van der Waals surface area contributed by atoms with E-state index in [0.29, 0.717) is 22.9 Å². The van der Waals surface area contributed by atoms with Gasteiger partial charge >= 0.3 is 5.97 Å². The second kappa shape index (κ2) is 5.64. The van der Waals surface area contributed by atoms with Crippen LogP contribution in [0.1, 0.15) is 47.5 Å². The second-order valence-electron chi connectivity index (χ2n) is 6.71. The van der Waals surface area contributed by atoms with Gasteiger partial charge in [0.05, 0.1) is 18.1 Å². The summed E-state index contributed by atoms with van der Waals surface area (Å²) in [5.41, 5.74) is 0.687. The molecule has 23 heavy (non-hydrogen) atoms. The van der Waals surface area contributed by atoms with Crippen LogP contribution in [-0.2, 0) is 22.4 Å². The molecule has 1 N–H and O–H groups in total. The highest BCUT2D eigenvalue weighted by Gasteiger charge is 2.68. The van der Waals surface area contributed by atoms with Crippen molar-refractivity contribution in [1.29, 1.82) is 0 Å². The molecule has 1 aromatic heterocycles. The molecule has 2 atom stereocenters. The third-order valence-corrected chi connectivity index (χ3v) is 7.16. The van der Waals surface area contributed by atoms with Gasteiger partial charge in [-0.2, -0.15) is 0 Å². The number of halogens is 2. The summed E-state index contributed by atoms with van der Waals surface area (Å²) < 4.78 is 3.88. The third-order valence-electron chi connectivity index (χ3n) is 4.89. The molecule has 1 amide bonds. The number of fused-ring (bicyclic) bond motifs is 1. The lowest BCUT2D eigenvalue weighted by molar-refractivity contribution is -0.120. The molecule has 1 saturated carbocycles. The van der Waals surface area contributed by atoms with Gasteiger partial charge in [0, 0.05) is 4.88 Å². The zero-order chi connectivity index (χ0) is 17.0. The number of thiophene rings is 1. The van der Waals surface area contributed by atoms with Crippen LogP contribution in [0.25, 0.3) is 0 Å².